The van der Waals surface area contributed by atoms with Gasteiger partial charge in [0.15, 0.2) is 0 Å². The third kappa shape index (κ3) is 4.55. The quantitative estimate of drug-likeness (QED) is 0.268. The molecule has 0 saturated heterocycles. The average Bonchev–Trinajstić information content (AvgIpc) is 3.73. The highest BCUT2D eigenvalue weighted by molar-refractivity contribution is 6.31. The first-order valence-corrected chi connectivity index (χ1v) is 13.8. The van der Waals surface area contributed by atoms with Crippen molar-refractivity contribution in [2.75, 3.05) is 5.32 Å². The molecular weight excluding hydrogens is 569 g/mol. The normalized spacial score (nSPS) is 19.8. The number of anilines is 1. The Morgan fingerprint density at radius 3 is 2.71 bits per heavy atom. The van der Waals surface area contributed by atoms with Crippen molar-refractivity contribution in [3.63, 3.8) is 0 Å². The van der Waals surface area contributed by atoms with Gasteiger partial charge >= 0.3 is 6.18 Å². The topological polar surface area (TPSA) is 106 Å². The maximum absolute atomic E-state index is 13.6. The van der Waals surface area contributed by atoms with Gasteiger partial charge in [0, 0.05) is 28.0 Å². The molecule has 214 valence electrons. The number of rotatable bonds is 4. The lowest BCUT2D eigenvalue weighted by Gasteiger charge is -2.29. The standard InChI is InChI=1S/C29H24ClF3N8O/c1-15-8-25(28-34-13-22(37-28)17-2-5-21-16(9-17)3-7-26(36-21)29(31,32)33)41-24(15)10-18(11-27(41)42)20-12-19(30)4-6-23(20)40-14-35-38-39-40/h2,4-6,9-15,25-26,36H,3,7-8H2,1H3,(H,34,37)/t15-,25+,26?/m1/s1. The molecule has 2 N–H and O–H groups in total. The van der Waals surface area contributed by atoms with Crippen LogP contribution in [0.15, 0.2) is 65.8 Å². The summed E-state index contributed by atoms with van der Waals surface area (Å²) in [4.78, 5) is 21.6. The van der Waals surface area contributed by atoms with E-state index in [1.54, 1.807) is 47.2 Å². The van der Waals surface area contributed by atoms with E-state index in [0.29, 0.717) is 40.6 Å². The third-order valence-corrected chi connectivity index (χ3v) is 8.35. The molecule has 0 radical (unpaired) electrons. The number of hydrogen-bond acceptors (Lipinski definition) is 6. The minimum absolute atomic E-state index is 0.0117. The van der Waals surface area contributed by atoms with Gasteiger partial charge in [0.05, 0.1) is 23.6 Å². The van der Waals surface area contributed by atoms with Gasteiger partial charge in [-0.1, -0.05) is 24.6 Å². The van der Waals surface area contributed by atoms with Crippen LogP contribution < -0.4 is 10.9 Å². The molecule has 2 aliphatic rings. The molecule has 3 atom stereocenters. The van der Waals surface area contributed by atoms with Gasteiger partial charge in [0.2, 0.25) is 0 Å². The van der Waals surface area contributed by atoms with E-state index in [1.807, 2.05) is 12.1 Å². The number of aromatic amines is 1. The van der Waals surface area contributed by atoms with Crippen LogP contribution in [0.3, 0.4) is 0 Å². The molecule has 0 aliphatic carbocycles. The Balaban J connectivity index is 1.20. The van der Waals surface area contributed by atoms with E-state index >= 15 is 0 Å². The predicted octanol–water partition coefficient (Wildman–Crippen LogP) is 5.92. The van der Waals surface area contributed by atoms with Crippen LogP contribution >= 0.6 is 11.6 Å². The van der Waals surface area contributed by atoms with Gasteiger partial charge in [-0.15, -0.1) is 5.10 Å². The molecule has 42 heavy (non-hydrogen) atoms. The maximum atomic E-state index is 13.6. The first kappa shape index (κ1) is 26.4. The second-order valence-corrected chi connectivity index (χ2v) is 11.2. The van der Waals surface area contributed by atoms with Gasteiger partial charge < -0.3 is 14.9 Å². The first-order chi connectivity index (χ1) is 20.2. The van der Waals surface area contributed by atoms with E-state index in [2.05, 4.69) is 37.7 Å². The van der Waals surface area contributed by atoms with Crippen molar-refractivity contribution in [1.29, 1.82) is 0 Å². The zero-order valence-electron chi connectivity index (χ0n) is 22.2. The molecule has 2 aromatic carbocycles. The summed E-state index contributed by atoms with van der Waals surface area (Å²) < 4.78 is 42.8. The minimum Gasteiger partial charge on any atom is -0.374 e. The molecule has 5 heterocycles. The number of aryl methyl sites for hydroxylation is 1. The van der Waals surface area contributed by atoms with Crippen LogP contribution in [0.2, 0.25) is 5.02 Å². The van der Waals surface area contributed by atoms with Gasteiger partial charge in [-0.3, -0.25) is 4.79 Å². The molecule has 0 amide bonds. The second kappa shape index (κ2) is 9.83. The average molecular weight is 593 g/mol. The van der Waals surface area contributed by atoms with Crippen LogP contribution in [0.5, 0.6) is 0 Å². The lowest BCUT2D eigenvalue weighted by atomic mass is 9.95. The molecule has 3 aromatic heterocycles. The van der Waals surface area contributed by atoms with Gasteiger partial charge in [0.1, 0.15) is 18.2 Å². The summed E-state index contributed by atoms with van der Waals surface area (Å²) >= 11 is 6.33. The van der Waals surface area contributed by atoms with Gasteiger partial charge in [-0.05, 0) is 88.7 Å². The van der Waals surface area contributed by atoms with Gasteiger partial charge in [-0.25, -0.2) is 4.98 Å². The van der Waals surface area contributed by atoms with Gasteiger partial charge in [0.25, 0.3) is 5.56 Å². The maximum Gasteiger partial charge on any atom is 0.408 e. The zero-order valence-corrected chi connectivity index (χ0v) is 23.0. The summed E-state index contributed by atoms with van der Waals surface area (Å²) in [5.41, 5.74) is 5.73. The lowest BCUT2D eigenvalue weighted by Crippen LogP contribution is -2.39. The van der Waals surface area contributed by atoms with E-state index in [-0.39, 0.29) is 23.9 Å². The molecule has 0 saturated carbocycles. The number of alkyl halides is 3. The molecule has 9 nitrogen and oxygen atoms in total. The fourth-order valence-electron chi connectivity index (χ4n) is 6.04. The van der Waals surface area contributed by atoms with Crippen molar-refractivity contribution < 1.29 is 13.2 Å². The fourth-order valence-corrected chi connectivity index (χ4v) is 6.21. The number of aromatic nitrogens is 7. The number of fused-ring (bicyclic) bond motifs is 2. The third-order valence-electron chi connectivity index (χ3n) is 8.11. The fraction of sp³-hybridized carbons (Fsp3) is 0.276. The monoisotopic (exact) mass is 592 g/mol. The number of hydrogen-bond donors (Lipinski definition) is 2. The number of nitrogens with zero attached hydrogens (tertiary/aromatic N) is 6. The number of H-pyrrole nitrogens is 1. The van der Waals surface area contributed by atoms with Crippen LogP contribution in [0.1, 0.15) is 48.8 Å². The Bertz CT molecular complexity index is 1860. The molecule has 0 spiro atoms. The van der Waals surface area contributed by atoms with Crippen molar-refractivity contribution in [2.24, 2.45) is 0 Å². The smallest absolute Gasteiger partial charge is 0.374 e. The molecule has 1 unspecified atom stereocenters. The Morgan fingerprint density at radius 2 is 1.93 bits per heavy atom. The van der Waals surface area contributed by atoms with Crippen molar-refractivity contribution in [2.45, 2.75) is 50.4 Å². The van der Waals surface area contributed by atoms with Crippen molar-refractivity contribution in [1.82, 2.24) is 34.7 Å². The highest BCUT2D eigenvalue weighted by atomic mass is 35.5. The largest absolute Gasteiger partial charge is 0.408 e. The molecule has 0 fully saturated rings. The minimum atomic E-state index is -4.28. The first-order valence-electron chi connectivity index (χ1n) is 13.5. The highest BCUT2D eigenvalue weighted by Crippen LogP contribution is 2.41. The number of benzene rings is 2. The van der Waals surface area contributed by atoms with Crippen molar-refractivity contribution in [3.8, 4) is 28.1 Å². The summed E-state index contributed by atoms with van der Waals surface area (Å²) in [6.45, 7) is 2.07. The summed E-state index contributed by atoms with van der Waals surface area (Å²) in [6.07, 6.45) is -0.103. The Labute approximate surface area is 242 Å². The summed E-state index contributed by atoms with van der Waals surface area (Å²) in [5.74, 6) is 0.721. The molecule has 5 aromatic rings. The zero-order chi connectivity index (χ0) is 29.2. The van der Waals surface area contributed by atoms with Crippen molar-refractivity contribution >= 4 is 17.3 Å². The summed E-state index contributed by atoms with van der Waals surface area (Å²) in [6, 6.07) is 12.4. The number of imidazole rings is 1. The summed E-state index contributed by atoms with van der Waals surface area (Å²) in [7, 11) is 0. The van der Waals surface area contributed by atoms with Crippen LogP contribution in [0, 0.1) is 0 Å². The van der Waals surface area contributed by atoms with E-state index < -0.39 is 12.2 Å². The number of pyridine rings is 1. The van der Waals surface area contributed by atoms with E-state index in [9.17, 15) is 18.0 Å². The van der Waals surface area contributed by atoms with E-state index in [0.717, 1.165) is 28.1 Å². The van der Waals surface area contributed by atoms with Crippen LogP contribution in [0.25, 0.3) is 28.1 Å². The molecule has 0 bridgehead atoms. The number of tetrazole rings is 1. The van der Waals surface area contributed by atoms with Crippen LogP contribution in [0.4, 0.5) is 18.9 Å². The molecular formula is C29H24ClF3N8O. The molecule has 2 aliphatic heterocycles. The highest BCUT2D eigenvalue weighted by Gasteiger charge is 2.41. The Morgan fingerprint density at radius 1 is 1.07 bits per heavy atom. The van der Waals surface area contributed by atoms with Crippen LogP contribution in [-0.2, 0) is 6.42 Å². The predicted molar refractivity (Wildman–Crippen MR) is 151 cm³/mol. The van der Waals surface area contributed by atoms with Gasteiger partial charge in [-0.2, -0.15) is 17.9 Å². The molecule has 7 rings (SSSR count). The SMILES string of the molecule is C[C@@H]1C[C@@H](c2ncc(-c3ccc4c(c3)CCC(C(F)(F)F)N4)[nH]2)n2c1cc(-c1cc(Cl)ccc1-n1cnnn1)cc2=O. The van der Waals surface area contributed by atoms with Crippen LogP contribution in [-0.4, -0.2) is 47.0 Å². The lowest BCUT2D eigenvalue weighted by molar-refractivity contribution is -0.144. The van der Waals surface area contributed by atoms with Crippen molar-refractivity contribution in [3.05, 3.63) is 93.5 Å². The summed E-state index contributed by atoms with van der Waals surface area (Å²) in [5, 5.41) is 14.6. The Kier molecular flexibility index (Phi) is 6.19. The number of nitrogens with one attached hydrogen (secondary N) is 2. The Hall–Kier alpha value is -4.45. The molecule has 13 heteroatoms. The van der Waals surface area contributed by atoms with E-state index in [1.165, 1.54) is 11.0 Å². The number of halogens is 4. The van der Waals surface area contributed by atoms with E-state index in [4.69, 9.17) is 11.6 Å². The second-order valence-electron chi connectivity index (χ2n) is 10.8.